The fourth-order valence-electron chi connectivity index (χ4n) is 1.99. The van der Waals surface area contributed by atoms with Gasteiger partial charge in [0.2, 0.25) is 0 Å². The maximum atomic E-state index is 10.1. The quantitative estimate of drug-likeness (QED) is 0.623. The molecule has 3 nitrogen and oxygen atoms in total. The van der Waals surface area contributed by atoms with Crippen LogP contribution in [0.1, 0.15) is 27.2 Å². The van der Waals surface area contributed by atoms with Crippen LogP contribution in [0.2, 0.25) is 0 Å². The highest BCUT2D eigenvalue weighted by atomic mass is 16.8. The highest BCUT2D eigenvalue weighted by Crippen LogP contribution is 2.40. The number of fused-ring (bicyclic) bond motifs is 1. The maximum absolute atomic E-state index is 10.1. The summed E-state index contributed by atoms with van der Waals surface area (Å²) in [5.74, 6) is -0.566. The molecule has 1 N–H and O–H groups in total. The number of ether oxygens (including phenoxy) is 2. The summed E-state index contributed by atoms with van der Waals surface area (Å²) in [7, 11) is 0. The molecule has 2 rings (SSSR count). The molecular weight excluding hydrogens is 168 g/mol. The van der Waals surface area contributed by atoms with Crippen molar-refractivity contribution in [1.82, 2.24) is 0 Å². The fourth-order valence-corrected chi connectivity index (χ4v) is 1.99. The number of hydrogen-bond acceptors (Lipinski definition) is 3. The molecule has 74 valence electrons. The van der Waals surface area contributed by atoms with Gasteiger partial charge in [-0.2, -0.15) is 0 Å². The van der Waals surface area contributed by atoms with E-state index in [0.29, 0.717) is 6.42 Å². The largest absolute Gasteiger partial charge is 0.383 e. The molecule has 1 fully saturated rings. The van der Waals surface area contributed by atoms with Gasteiger partial charge in [-0.1, -0.05) is 19.1 Å². The van der Waals surface area contributed by atoms with Gasteiger partial charge >= 0.3 is 0 Å². The van der Waals surface area contributed by atoms with Crippen LogP contribution >= 0.6 is 0 Å². The third-order valence-electron chi connectivity index (χ3n) is 2.76. The summed E-state index contributed by atoms with van der Waals surface area (Å²) in [4.78, 5) is 0. The average molecular weight is 184 g/mol. The highest BCUT2D eigenvalue weighted by molar-refractivity contribution is 5.21. The van der Waals surface area contributed by atoms with Gasteiger partial charge < -0.3 is 14.6 Å². The molecule has 1 heterocycles. The number of aliphatic hydroxyl groups is 1. The molecule has 0 aromatic carbocycles. The van der Waals surface area contributed by atoms with Crippen molar-refractivity contribution in [2.45, 2.75) is 50.8 Å². The molecule has 1 aliphatic heterocycles. The van der Waals surface area contributed by atoms with Crippen molar-refractivity contribution in [1.29, 1.82) is 0 Å². The van der Waals surface area contributed by atoms with E-state index < -0.39 is 11.4 Å². The van der Waals surface area contributed by atoms with Crippen molar-refractivity contribution in [2.75, 3.05) is 0 Å². The molecule has 0 aromatic rings. The van der Waals surface area contributed by atoms with Crippen molar-refractivity contribution < 1.29 is 14.6 Å². The van der Waals surface area contributed by atoms with Gasteiger partial charge in [0.25, 0.3) is 0 Å². The molecule has 3 heteroatoms. The second-order valence-corrected chi connectivity index (χ2v) is 4.22. The van der Waals surface area contributed by atoms with Crippen molar-refractivity contribution in [3.8, 4) is 0 Å². The van der Waals surface area contributed by atoms with E-state index in [1.54, 1.807) is 6.08 Å². The normalized spacial score (nSPS) is 46.8. The van der Waals surface area contributed by atoms with Gasteiger partial charge in [-0.25, -0.2) is 0 Å². The summed E-state index contributed by atoms with van der Waals surface area (Å²) in [6.07, 6.45) is 4.03. The van der Waals surface area contributed by atoms with Gasteiger partial charge in [-0.05, 0) is 20.3 Å². The predicted molar refractivity (Wildman–Crippen MR) is 48.2 cm³/mol. The van der Waals surface area contributed by atoms with Gasteiger partial charge in [0.1, 0.15) is 17.8 Å². The lowest BCUT2D eigenvalue weighted by Crippen LogP contribution is -2.41. The van der Waals surface area contributed by atoms with Crippen molar-refractivity contribution in [2.24, 2.45) is 0 Å². The highest BCUT2D eigenvalue weighted by Gasteiger charge is 2.52. The smallest absolute Gasteiger partial charge is 0.164 e. The number of hydrogen-bond donors (Lipinski definition) is 1. The van der Waals surface area contributed by atoms with Crippen molar-refractivity contribution >= 4 is 0 Å². The first-order valence-electron chi connectivity index (χ1n) is 4.74. The van der Waals surface area contributed by atoms with Crippen LogP contribution in [0.3, 0.4) is 0 Å². The maximum Gasteiger partial charge on any atom is 0.164 e. The van der Waals surface area contributed by atoms with Crippen LogP contribution in [0.15, 0.2) is 12.2 Å². The predicted octanol–water partition coefficient (Wildman–Crippen LogP) is 1.22. The second-order valence-electron chi connectivity index (χ2n) is 4.22. The lowest BCUT2D eigenvalue weighted by molar-refractivity contribution is -0.164. The average Bonchev–Trinajstić information content (AvgIpc) is 2.49. The minimum absolute atomic E-state index is 0.0834. The molecule has 0 saturated carbocycles. The van der Waals surface area contributed by atoms with E-state index in [9.17, 15) is 5.11 Å². The monoisotopic (exact) mass is 184 g/mol. The molecule has 13 heavy (non-hydrogen) atoms. The van der Waals surface area contributed by atoms with Gasteiger partial charge in [0.05, 0.1) is 0 Å². The lowest BCUT2D eigenvalue weighted by Gasteiger charge is -2.27. The fraction of sp³-hybridized carbons (Fsp3) is 0.800. The van der Waals surface area contributed by atoms with E-state index in [1.807, 2.05) is 26.8 Å². The van der Waals surface area contributed by atoms with E-state index in [2.05, 4.69) is 0 Å². The molecule has 0 spiro atoms. The Morgan fingerprint density at radius 3 is 2.69 bits per heavy atom. The van der Waals surface area contributed by atoms with Crippen LogP contribution in [0.4, 0.5) is 0 Å². The minimum Gasteiger partial charge on any atom is -0.383 e. The van der Waals surface area contributed by atoms with Gasteiger partial charge in [-0.3, -0.25) is 0 Å². The summed E-state index contributed by atoms with van der Waals surface area (Å²) < 4.78 is 11.2. The third-order valence-corrected chi connectivity index (χ3v) is 2.76. The molecular formula is C10H16O3. The van der Waals surface area contributed by atoms with E-state index in [0.717, 1.165) is 0 Å². The Morgan fingerprint density at radius 1 is 1.38 bits per heavy atom. The molecule has 1 saturated heterocycles. The lowest BCUT2D eigenvalue weighted by atomic mass is 9.97. The Kier molecular flexibility index (Phi) is 1.81. The van der Waals surface area contributed by atoms with Gasteiger partial charge in [0.15, 0.2) is 5.79 Å². The molecule has 0 aromatic heterocycles. The molecule has 1 aliphatic carbocycles. The zero-order chi connectivity index (χ0) is 9.69. The van der Waals surface area contributed by atoms with Gasteiger partial charge in [0, 0.05) is 0 Å². The Balaban J connectivity index is 2.21. The van der Waals surface area contributed by atoms with Crippen molar-refractivity contribution in [3.05, 3.63) is 12.2 Å². The molecule has 0 amide bonds. The van der Waals surface area contributed by atoms with E-state index in [-0.39, 0.29) is 12.2 Å². The summed E-state index contributed by atoms with van der Waals surface area (Å²) in [5.41, 5.74) is -0.835. The summed E-state index contributed by atoms with van der Waals surface area (Å²) in [6, 6.07) is 0. The summed E-state index contributed by atoms with van der Waals surface area (Å²) in [5, 5.41) is 10.1. The van der Waals surface area contributed by atoms with E-state index in [1.165, 1.54) is 0 Å². The minimum atomic E-state index is -0.835. The van der Waals surface area contributed by atoms with Crippen LogP contribution < -0.4 is 0 Å². The Bertz CT molecular complexity index is 247. The molecule has 0 bridgehead atoms. The van der Waals surface area contributed by atoms with E-state index >= 15 is 0 Å². The van der Waals surface area contributed by atoms with E-state index in [4.69, 9.17) is 9.47 Å². The van der Waals surface area contributed by atoms with Crippen LogP contribution in [0.5, 0.6) is 0 Å². The topological polar surface area (TPSA) is 38.7 Å². The Morgan fingerprint density at radius 2 is 2.08 bits per heavy atom. The Labute approximate surface area is 78.3 Å². The zero-order valence-corrected chi connectivity index (χ0v) is 8.28. The van der Waals surface area contributed by atoms with Crippen LogP contribution in [0.25, 0.3) is 0 Å². The molecule has 1 unspecified atom stereocenters. The molecule has 2 aliphatic rings. The standard InChI is InChI=1S/C10H16O3/c1-4-10(11)6-5-7-8(10)13-9(2,3)12-7/h5-8,11H,4H2,1-3H3/t7-,8-,10?/m0/s1. The SMILES string of the molecule is CCC1(O)C=C[C@@H]2OC(C)(C)O[C@@H]21. The zero-order valence-electron chi connectivity index (χ0n) is 8.28. The van der Waals surface area contributed by atoms with Crippen LogP contribution in [0, 0.1) is 0 Å². The summed E-state index contributed by atoms with van der Waals surface area (Å²) in [6.45, 7) is 5.69. The van der Waals surface area contributed by atoms with Crippen LogP contribution in [-0.2, 0) is 9.47 Å². The van der Waals surface area contributed by atoms with Crippen LogP contribution in [-0.4, -0.2) is 28.7 Å². The third kappa shape index (κ3) is 1.31. The first-order valence-corrected chi connectivity index (χ1v) is 4.74. The molecule has 3 atom stereocenters. The first-order chi connectivity index (χ1) is 5.97. The van der Waals surface area contributed by atoms with Gasteiger partial charge in [-0.15, -0.1) is 0 Å². The molecule has 0 radical (unpaired) electrons. The second kappa shape index (κ2) is 2.56. The summed E-state index contributed by atoms with van der Waals surface area (Å²) >= 11 is 0. The Hall–Kier alpha value is -0.380. The first kappa shape index (κ1) is 9.19. The van der Waals surface area contributed by atoms with Crippen molar-refractivity contribution in [3.63, 3.8) is 0 Å². The number of rotatable bonds is 1.